The van der Waals surface area contributed by atoms with Gasteiger partial charge in [-0.1, -0.05) is 18.2 Å². The minimum atomic E-state index is -4.75. The minimum absolute atomic E-state index is 0.0151. The van der Waals surface area contributed by atoms with Crippen LogP contribution in [-0.4, -0.2) is 40.6 Å². The summed E-state index contributed by atoms with van der Waals surface area (Å²) in [5.74, 6) is -0.379. The van der Waals surface area contributed by atoms with Crippen molar-refractivity contribution in [3.05, 3.63) is 65.9 Å². The molecule has 3 aromatic carbocycles. The molecule has 1 saturated heterocycles. The molecule has 2 heterocycles. The van der Waals surface area contributed by atoms with Gasteiger partial charge in [-0.25, -0.2) is 13.2 Å². The van der Waals surface area contributed by atoms with Gasteiger partial charge in [0.05, 0.1) is 25.7 Å². The molecule has 188 valence electrons. The van der Waals surface area contributed by atoms with Gasteiger partial charge in [-0.3, -0.25) is 9.62 Å². The highest BCUT2D eigenvalue weighted by Gasteiger charge is 2.39. The van der Waals surface area contributed by atoms with Gasteiger partial charge < -0.3 is 14.8 Å². The van der Waals surface area contributed by atoms with E-state index in [1.165, 1.54) is 12.3 Å². The van der Waals surface area contributed by atoms with Gasteiger partial charge in [0.2, 0.25) is 10.0 Å². The summed E-state index contributed by atoms with van der Waals surface area (Å²) < 4.78 is 78.1. The van der Waals surface area contributed by atoms with Crippen LogP contribution >= 0.6 is 0 Å². The number of nitrogens with zero attached hydrogens (tertiary/aromatic N) is 1. The summed E-state index contributed by atoms with van der Waals surface area (Å²) in [5, 5.41) is 3.93. The fourth-order valence-electron chi connectivity index (χ4n) is 4.19. The zero-order chi connectivity index (χ0) is 25.8. The SMILES string of the molecule is COc1c(-c2ccc3cc(NS(C)(=O)=O)ccc3c2)cc(N2C=C3COC3NC2=O)cc1C(F)(F)F. The molecule has 0 aliphatic carbocycles. The van der Waals surface area contributed by atoms with Crippen LogP contribution in [0.3, 0.4) is 0 Å². The molecular formula is C24H20F3N3O5S. The number of fused-ring (bicyclic) bond motifs is 2. The lowest BCUT2D eigenvalue weighted by Crippen LogP contribution is -2.55. The summed E-state index contributed by atoms with van der Waals surface area (Å²) >= 11 is 0. The molecule has 36 heavy (non-hydrogen) atoms. The quantitative estimate of drug-likeness (QED) is 0.511. The van der Waals surface area contributed by atoms with Gasteiger partial charge in [0.25, 0.3) is 0 Å². The smallest absolute Gasteiger partial charge is 0.420 e. The van der Waals surface area contributed by atoms with Gasteiger partial charge in [0.1, 0.15) is 11.3 Å². The van der Waals surface area contributed by atoms with Crippen molar-refractivity contribution in [1.29, 1.82) is 0 Å². The Balaban J connectivity index is 1.65. The average Bonchev–Trinajstić information content (AvgIpc) is 2.78. The molecule has 5 rings (SSSR count). The minimum Gasteiger partial charge on any atom is -0.495 e. The molecule has 0 spiro atoms. The van der Waals surface area contributed by atoms with Gasteiger partial charge in [0.15, 0.2) is 6.23 Å². The van der Waals surface area contributed by atoms with Gasteiger partial charge in [-0.05, 0) is 46.7 Å². The normalized spacial score (nSPS) is 17.7. The Morgan fingerprint density at radius 1 is 1.11 bits per heavy atom. The Hall–Kier alpha value is -3.77. The number of anilines is 2. The maximum absolute atomic E-state index is 14.1. The Bertz CT molecular complexity index is 1540. The molecule has 2 N–H and O–H groups in total. The van der Waals surface area contributed by atoms with Crippen LogP contribution in [0.1, 0.15) is 5.56 Å². The zero-order valence-electron chi connectivity index (χ0n) is 19.0. The summed E-state index contributed by atoms with van der Waals surface area (Å²) in [6, 6.07) is 11.5. The number of hydrogen-bond acceptors (Lipinski definition) is 5. The van der Waals surface area contributed by atoms with Crippen molar-refractivity contribution in [1.82, 2.24) is 5.32 Å². The molecule has 1 atom stereocenters. The monoisotopic (exact) mass is 519 g/mol. The van der Waals surface area contributed by atoms with Crippen LogP contribution in [0.25, 0.3) is 21.9 Å². The molecule has 2 aliphatic rings. The second kappa shape index (κ2) is 8.42. The Morgan fingerprint density at radius 3 is 2.47 bits per heavy atom. The van der Waals surface area contributed by atoms with E-state index in [-0.39, 0.29) is 23.6 Å². The first-order valence-corrected chi connectivity index (χ1v) is 12.6. The lowest BCUT2D eigenvalue weighted by Gasteiger charge is -2.38. The van der Waals surface area contributed by atoms with Gasteiger partial charge in [-0.15, -0.1) is 0 Å². The third-order valence-electron chi connectivity index (χ3n) is 5.84. The predicted molar refractivity (Wildman–Crippen MR) is 128 cm³/mol. The topological polar surface area (TPSA) is 97.0 Å². The summed E-state index contributed by atoms with van der Waals surface area (Å²) in [5.41, 5.74) is 0.653. The number of halogens is 3. The number of nitrogens with one attached hydrogen (secondary N) is 2. The van der Waals surface area contributed by atoms with Crippen LogP contribution < -0.4 is 19.7 Å². The molecule has 2 aliphatic heterocycles. The molecule has 12 heteroatoms. The van der Waals surface area contributed by atoms with Crippen LogP contribution in [0.5, 0.6) is 5.75 Å². The Morgan fingerprint density at radius 2 is 1.83 bits per heavy atom. The van der Waals surface area contributed by atoms with E-state index >= 15 is 0 Å². The van der Waals surface area contributed by atoms with Crippen molar-refractivity contribution in [2.75, 3.05) is 29.6 Å². The lowest BCUT2D eigenvalue weighted by molar-refractivity contribution is -0.138. The molecule has 3 aromatic rings. The van der Waals surface area contributed by atoms with Crippen molar-refractivity contribution in [3.8, 4) is 16.9 Å². The third kappa shape index (κ3) is 4.44. The van der Waals surface area contributed by atoms with E-state index < -0.39 is 34.0 Å². The molecule has 0 saturated carbocycles. The van der Waals surface area contributed by atoms with Crippen LogP contribution in [0.2, 0.25) is 0 Å². The van der Waals surface area contributed by atoms with E-state index in [1.54, 1.807) is 36.4 Å². The van der Waals surface area contributed by atoms with E-state index in [2.05, 4.69) is 10.0 Å². The van der Waals surface area contributed by atoms with Crippen LogP contribution in [0, 0.1) is 0 Å². The van der Waals surface area contributed by atoms with E-state index in [4.69, 9.17) is 9.47 Å². The maximum Gasteiger partial charge on any atom is 0.420 e. The van der Waals surface area contributed by atoms with Crippen molar-refractivity contribution < 1.29 is 35.9 Å². The number of methoxy groups -OCH3 is 1. The second-order valence-corrected chi connectivity index (χ2v) is 10.2. The highest BCUT2D eigenvalue weighted by molar-refractivity contribution is 7.92. The average molecular weight is 520 g/mol. The molecule has 0 aromatic heterocycles. The summed E-state index contributed by atoms with van der Waals surface area (Å²) in [6.07, 6.45) is -2.79. The van der Waals surface area contributed by atoms with E-state index in [9.17, 15) is 26.4 Å². The molecule has 8 nitrogen and oxygen atoms in total. The Labute approximate surface area is 204 Å². The number of rotatable bonds is 5. The number of alkyl halides is 3. The zero-order valence-corrected chi connectivity index (χ0v) is 19.8. The molecule has 1 unspecified atom stereocenters. The van der Waals surface area contributed by atoms with Crippen molar-refractivity contribution >= 4 is 38.2 Å². The van der Waals surface area contributed by atoms with E-state index in [1.807, 2.05) is 0 Å². The maximum atomic E-state index is 14.1. The summed E-state index contributed by atoms with van der Waals surface area (Å²) in [6.45, 7) is 0.275. The number of carbonyl (C=O) groups excluding carboxylic acids is 1. The fraction of sp³-hybridized carbons (Fsp3) is 0.208. The Kier molecular flexibility index (Phi) is 5.60. The lowest BCUT2D eigenvalue weighted by atomic mass is 9.96. The number of urea groups is 1. The van der Waals surface area contributed by atoms with Crippen molar-refractivity contribution in [3.63, 3.8) is 0 Å². The van der Waals surface area contributed by atoms with Crippen molar-refractivity contribution in [2.45, 2.75) is 12.4 Å². The first kappa shape index (κ1) is 23.9. The van der Waals surface area contributed by atoms with Crippen LogP contribution in [0.4, 0.5) is 29.3 Å². The number of carbonyl (C=O) groups is 1. The van der Waals surface area contributed by atoms with Crippen molar-refractivity contribution in [2.24, 2.45) is 0 Å². The molecular weight excluding hydrogens is 499 g/mol. The first-order chi connectivity index (χ1) is 16.9. The standard InChI is InChI=1S/C24H20F3N3O5S/c1-34-21-19(15-4-3-14-8-17(29-36(2,32)33)6-5-13(14)7-15)9-18(10-20(21)24(25,26)27)30-11-16-12-35-22(16)28-23(30)31/h3-11,22,29H,12H2,1-2H3,(H,28,31). The van der Waals surface area contributed by atoms with Crippen LogP contribution in [-0.2, 0) is 20.9 Å². The summed E-state index contributed by atoms with van der Waals surface area (Å²) in [4.78, 5) is 13.7. The highest BCUT2D eigenvalue weighted by Crippen LogP contribution is 2.45. The fourth-order valence-corrected chi connectivity index (χ4v) is 4.74. The number of hydrogen-bond donors (Lipinski definition) is 2. The number of benzene rings is 3. The number of ether oxygens (including phenoxy) is 2. The third-order valence-corrected chi connectivity index (χ3v) is 6.44. The molecule has 1 fully saturated rings. The number of sulfonamides is 1. The predicted octanol–water partition coefficient (Wildman–Crippen LogP) is 4.68. The van der Waals surface area contributed by atoms with Gasteiger partial charge in [-0.2, -0.15) is 13.2 Å². The first-order valence-electron chi connectivity index (χ1n) is 10.7. The molecule has 0 radical (unpaired) electrons. The highest BCUT2D eigenvalue weighted by atomic mass is 32.2. The van der Waals surface area contributed by atoms with E-state index in [0.29, 0.717) is 22.0 Å². The van der Waals surface area contributed by atoms with E-state index in [0.717, 1.165) is 29.9 Å². The molecule has 2 amide bonds. The van der Waals surface area contributed by atoms with Gasteiger partial charge in [0, 0.05) is 23.0 Å². The van der Waals surface area contributed by atoms with Crippen LogP contribution in [0.15, 0.2) is 60.3 Å². The largest absolute Gasteiger partial charge is 0.495 e. The molecule has 0 bridgehead atoms. The number of amides is 2. The second-order valence-electron chi connectivity index (χ2n) is 8.44. The van der Waals surface area contributed by atoms with Gasteiger partial charge >= 0.3 is 12.2 Å². The summed E-state index contributed by atoms with van der Waals surface area (Å²) in [7, 11) is -2.31.